The topological polar surface area (TPSA) is 53.2 Å². The highest BCUT2D eigenvalue weighted by molar-refractivity contribution is 6.30. The monoisotopic (exact) mass is 329 g/mol. The van der Waals surface area contributed by atoms with Crippen LogP contribution in [0.4, 0.5) is 0 Å². The summed E-state index contributed by atoms with van der Waals surface area (Å²) < 4.78 is 0. The Morgan fingerprint density at radius 1 is 1.26 bits per heavy atom. The van der Waals surface area contributed by atoms with E-state index >= 15 is 0 Å². The molecule has 2 aromatic rings. The number of hydrazine groups is 1. The van der Waals surface area contributed by atoms with E-state index in [2.05, 4.69) is 41.3 Å². The normalized spacial score (nSPS) is 20.4. The van der Waals surface area contributed by atoms with E-state index in [1.807, 2.05) is 30.3 Å². The van der Waals surface area contributed by atoms with Crippen LogP contribution in [0.15, 0.2) is 48.5 Å². The van der Waals surface area contributed by atoms with Gasteiger partial charge < -0.3 is 5.32 Å². The molecule has 0 aromatic heterocycles. The van der Waals surface area contributed by atoms with E-state index < -0.39 is 0 Å². The molecule has 2 aromatic carbocycles. The Labute approximate surface area is 141 Å². The van der Waals surface area contributed by atoms with E-state index in [9.17, 15) is 4.79 Å². The second kappa shape index (κ2) is 7.13. The summed E-state index contributed by atoms with van der Waals surface area (Å²) in [6.07, 6.45) is 0. The first-order chi connectivity index (χ1) is 11.1. The summed E-state index contributed by atoms with van der Waals surface area (Å²) >= 11 is 5.87. The van der Waals surface area contributed by atoms with Gasteiger partial charge in [-0.3, -0.25) is 10.2 Å². The Morgan fingerprint density at radius 2 is 2.04 bits per heavy atom. The molecule has 2 atom stereocenters. The number of hydrogen-bond donors (Lipinski definition) is 3. The summed E-state index contributed by atoms with van der Waals surface area (Å²) in [4.78, 5) is 12.5. The number of amides is 1. The molecule has 1 saturated heterocycles. The predicted molar refractivity (Wildman–Crippen MR) is 91.8 cm³/mol. The van der Waals surface area contributed by atoms with Crippen molar-refractivity contribution in [3.8, 4) is 0 Å². The lowest BCUT2D eigenvalue weighted by Gasteiger charge is -2.19. The van der Waals surface area contributed by atoms with E-state index in [1.165, 1.54) is 5.56 Å². The van der Waals surface area contributed by atoms with E-state index in [1.54, 1.807) is 0 Å². The van der Waals surface area contributed by atoms with Crippen molar-refractivity contribution in [2.75, 3.05) is 6.54 Å². The molecule has 1 heterocycles. The smallest absolute Gasteiger partial charge is 0.226 e. The van der Waals surface area contributed by atoms with Gasteiger partial charge in [0, 0.05) is 18.1 Å². The maximum Gasteiger partial charge on any atom is 0.226 e. The molecule has 1 aliphatic rings. The molecule has 3 N–H and O–H groups in total. The minimum absolute atomic E-state index is 0.0138. The van der Waals surface area contributed by atoms with Gasteiger partial charge in [0.05, 0.1) is 12.0 Å². The van der Waals surface area contributed by atoms with Gasteiger partial charge in [0.2, 0.25) is 5.91 Å². The largest absolute Gasteiger partial charge is 0.352 e. The second-order valence-electron chi connectivity index (χ2n) is 5.87. The van der Waals surface area contributed by atoms with Crippen molar-refractivity contribution >= 4 is 17.5 Å². The zero-order valence-electron chi connectivity index (χ0n) is 13.0. The summed E-state index contributed by atoms with van der Waals surface area (Å²) in [6.45, 7) is 3.18. The summed E-state index contributed by atoms with van der Waals surface area (Å²) in [6, 6.07) is 15.7. The van der Waals surface area contributed by atoms with Crippen LogP contribution in [0.2, 0.25) is 5.02 Å². The minimum Gasteiger partial charge on any atom is -0.352 e. The molecule has 2 unspecified atom stereocenters. The molecule has 0 bridgehead atoms. The number of nitrogens with one attached hydrogen (secondary N) is 3. The van der Waals surface area contributed by atoms with Crippen molar-refractivity contribution in [2.24, 2.45) is 5.92 Å². The summed E-state index contributed by atoms with van der Waals surface area (Å²) in [5.41, 5.74) is 9.66. The first kappa shape index (κ1) is 16.0. The summed E-state index contributed by atoms with van der Waals surface area (Å²) in [5, 5.41) is 3.71. The Balaban J connectivity index is 1.65. The molecule has 1 fully saturated rings. The van der Waals surface area contributed by atoms with Crippen LogP contribution in [0.3, 0.4) is 0 Å². The van der Waals surface area contributed by atoms with E-state index in [4.69, 9.17) is 11.6 Å². The highest BCUT2D eigenvalue weighted by Gasteiger charge is 2.33. The van der Waals surface area contributed by atoms with Gasteiger partial charge >= 0.3 is 0 Å². The summed E-state index contributed by atoms with van der Waals surface area (Å²) in [7, 11) is 0. The van der Waals surface area contributed by atoms with E-state index in [-0.39, 0.29) is 17.9 Å². The average molecular weight is 330 g/mol. The zero-order valence-corrected chi connectivity index (χ0v) is 13.7. The van der Waals surface area contributed by atoms with Crippen molar-refractivity contribution in [2.45, 2.75) is 19.5 Å². The van der Waals surface area contributed by atoms with Crippen LogP contribution in [0, 0.1) is 12.8 Å². The molecule has 0 radical (unpaired) electrons. The van der Waals surface area contributed by atoms with E-state index in [0.29, 0.717) is 18.1 Å². The number of hydrogen-bond acceptors (Lipinski definition) is 3. The quantitative estimate of drug-likeness (QED) is 0.808. The molecule has 5 heteroatoms. The van der Waals surface area contributed by atoms with Crippen LogP contribution >= 0.6 is 11.6 Å². The second-order valence-corrected chi connectivity index (χ2v) is 6.30. The summed E-state index contributed by atoms with van der Waals surface area (Å²) in [5.74, 6) is -0.0898. The van der Waals surface area contributed by atoms with Crippen molar-refractivity contribution in [3.63, 3.8) is 0 Å². The Bertz CT molecular complexity index is 687. The number of halogens is 1. The van der Waals surface area contributed by atoms with Crippen molar-refractivity contribution in [1.29, 1.82) is 0 Å². The average Bonchev–Trinajstić information content (AvgIpc) is 3.04. The van der Waals surface area contributed by atoms with Gasteiger partial charge in [0.1, 0.15) is 0 Å². The highest BCUT2D eigenvalue weighted by atomic mass is 35.5. The van der Waals surface area contributed by atoms with Gasteiger partial charge in [-0.1, -0.05) is 53.6 Å². The zero-order chi connectivity index (χ0) is 16.2. The minimum atomic E-state index is -0.135. The number of aryl methyl sites for hydroxylation is 1. The molecular weight excluding hydrogens is 310 g/mol. The maximum absolute atomic E-state index is 12.5. The van der Waals surface area contributed by atoms with Gasteiger partial charge in [0.15, 0.2) is 0 Å². The molecule has 1 aliphatic heterocycles. The Kier molecular flexibility index (Phi) is 4.96. The van der Waals surface area contributed by atoms with Gasteiger partial charge in [-0.15, -0.1) is 0 Å². The first-order valence-electron chi connectivity index (χ1n) is 7.70. The highest BCUT2D eigenvalue weighted by Crippen LogP contribution is 2.25. The number of benzene rings is 2. The van der Waals surface area contributed by atoms with Crippen molar-refractivity contribution in [1.82, 2.24) is 16.2 Å². The Hall–Kier alpha value is -1.88. The van der Waals surface area contributed by atoms with Crippen LogP contribution in [0.1, 0.15) is 22.7 Å². The van der Waals surface area contributed by atoms with Crippen LogP contribution < -0.4 is 16.2 Å². The number of rotatable bonds is 4. The van der Waals surface area contributed by atoms with Crippen LogP contribution in [0.5, 0.6) is 0 Å². The third-order valence-electron chi connectivity index (χ3n) is 4.10. The third kappa shape index (κ3) is 3.91. The molecule has 0 spiro atoms. The fourth-order valence-corrected chi connectivity index (χ4v) is 2.97. The maximum atomic E-state index is 12.5. The predicted octanol–water partition coefficient (Wildman–Crippen LogP) is 2.73. The van der Waals surface area contributed by atoms with Crippen LogP contribution in [-0.4, -0.2) is 12.5 Å². The van der Waals surface area contributed by atoms with Gasteiger partial charge in [-0.05, 0) is 30.2 Å². The van der Waals surface area contributed by atoms with Crippen LogP contribution in [0.25, 0.3) is 0 Å². The lowest BCUT2D eigenvalue weighted by molar-refractivity contribution is -0.125. The Morgan fingerprint density at radius 3 is 2.78 bits per heavy atom. The molecular formula is C18H20ClN3O. The molecule has 3 rings (SSSR count). The molecule has 120 valence electrons. The molecule has 0 saturated carbocycles. The van der Waals surface area contributed by atoms with Gasteiger partial charge in [0.25, 0.3) is 0 Å². The number of carbonyl (C=O) groups is 1. The van der Waals surface area contributed by atoms with Crippen molar-refractivity contribution < 1.29 is 4.79 Å². The third-order valence-corrected chi connectivity index (χ3v) is 4.35. The fourth-order valence-electron chi connectivity index (χ4n) is 2.84. The lowest BCUT2D eigenvalue weighted by Crippen LogP contribution is -2.34. The lowest BCUT2D eigenvalue weighted by atomic mass is 9.93. The number of carbonyl (C=O) groups excluding carboxylic acids is 1. The van der Waals surface area contributed by atoms with Gasteiger partial charge in [-0.25, -0.2) is 5.43 Å². The first-order valence-corrected chi connectivity index (χ1v) is 8.08. The molecule has 0 aliphatic carbocycles. The molecule has 23 heavy (non-hydrogen) atoms. The molecule has 4 nitrogen and oxygen atoms in total. The SMILES string of the molecule is Cc1cccc(C2NNCC2C(=O)NCc2ccc(Cl)cc2)c1. The van der Waals surface area contributed by atoms with Crippen molar-refractivity contribution in [3.05, 3.63) is 70.2 Å². The van der Waals surface area contributed by atoms with Gasteiger partial charge in [-0.2, -0.15) is 0 Å². The van der Waals surface area contributed by atoms with Crippen LogP contribution in [-0.2, 0) is 11.3 Å². The standard InChI is InChI=1S/C18H20ClN3O/c1-12-3-2-4-14(9-12)17-16(11-21-22-17)18(23)20-10-13-5-7-15(19)8-6-13/h2-9,16-17,21-22H,10-11H2,1H3,(H,20,23). The fraction of sp³-hybridized carbons (Fsp3) is 0.278. The molecule has 1 amide bonds. The van der Waals surface area contributed by atoms with E-state index in [0.717, 1.165) is 11.1 Å².